The van der Waals surface area contributed by atoms with E-state index in [1.165, 1.54) is 21.6 Å². The van der Waals surface area contributed by atoms with E-state index < -0.39 is 17.7 Å². The van der Waals surface area contributed by atoms with Crippen molar-refractivity contribution in [3.8, 4) is 11.1 Å². The molecule has 0 saturated heterocycles. The summed E-state index contributed by atoms with van der Waals surface area (Å²) in [4.78, 5) is 56.7. The Morgan fingerprint density at radius 1 is 0.979 bits per heavy atom. The van der Waals surface area contributed by atoms with Gasteiger partial charge in [-0.25, -0.2) is 9.59 Å². The van der Waals surface area contributed by atoms with Crippen LogP contribution in [0.1, 0.15) is 49.5 Å². The summed E-state index contributed by atoms with van der Waals surface area (Å²) in [6.45, 7) is 6.17. The fraction of sp³-hybridized carbons (Fsp3) is 0.270. The average molecular weight is 669 g/mol. The first-order chi connectivity index (χ1) is 22.9. The van der Waals surface area contributed by atoms with Crippen molar-refractivity contribution >= 4 is 51.2 Å². The largest absolute Gasteiger partial charge is 0.478 e. The number of hydrogen-bond acceptors (Lipinski definition) is 6. The van der Waals surface area contributed by atoms with Crippen LogP contribution < -0.4 is 10.9 Å². The predicted octanol–water partition coefficient (Wildman–Crippen LogP) is 6.90. The Hall–Kier alpha value is -5.22. The van der Waals surface area contributed by atoms with E-state index in [0.717, 1.165) is 16.7 Å². The van der Waals surface area contributed by atoms with Crippen molar-refractivity contribution in [1.29, 1.82) is 0 Å². The zero-order valence-electron chi connectivity index (χ0n) is 27.0. The Morgan fingerprint density at radius 3 is 2.46 bits per heavy atom. The molecular weight excluding hydrogens is 632 g/mol. The lowest BCUT2D eigenvalue weighted by Gasteiger charge is -2.27. The number of aromatic carboxylic acids is 1. The zero-order chi connectivity index (χ0) is 34.4. The maximum Gasteiger partial charge on any atom is 0.410 e. The monoisotopic (exact) mass is 668 g/mol. The molecule has 5 aromatic rings. The fourth-order valence-corrected chi connectivity index (χ4v) is 5.78. The van der Waals surface area contributed by atoms with Crippen molar-refractivity contribution in [2.75, 3.05) is 13.1 Å². The van der Waals surface area contributed by atoms with E-state index in [0.29, 0.717) is 33.1 Å². The van der Waals surface area contributed by atoms with Gasteiger partial charge in [0, 0.05) is 66.4 Å². The van der Waals surface area contributed by atoms with Gasteiger partial charge in [-0.2, -0.15) is 0 Å². The van der Waals surface area contributed by atoms with Crippen molar-refractivity contribution < 1.29 is 24.2 Å². The van der Waals surface area contributed by atoms with E-state index in [4.69, 9.17) is 16.3 Å². The number of amides is 2. The van der Waals surface area contributed by atoms with Crippen molar-refractivity contribution in [1.82, 2.24) is 19.8 Å². The van der Waals surface area contributed by atoms with Crippen LogP contribution in [0.3, 0.4) is 0 Å². The Balaban J connectivity index is 1.24. The minimum absolute atomic E-state index is 0.0307. The van der Waals surface area contributed by atoms with Gasteiger partial charge >= 0.3 is 12.1 Å². The molecule has 0 fully saturated rings. The predicted molar refractivity (Wildman–Crippen MR) is 186 cm³/mol. The number of carboxylic acids is 1. The lowest BCUT2D eigenvalue weighted by Crippen LogP contribution is -2.39. The number of nitrogens with zero attached hydrogens (tertiary/aromatic N) is 3. The number of carbonyl (C=O) groups excluding carboxylic acids is 2. The second-order valence-corrected chi connectivity index (χ2v) is 12.9. The molecule has 11 heteroatoms. The first-order valence-corrected chi connectivity index (χ1v) is 16.0. The number of carboxylic acid groups (broad SMARTS) is 1. The third-order valence-electron chi connectivity index (χ3n) is 7.76. The summed E-state index contributed by atoms with van der Waals surface area (Å²) in [7, 11) is 0. The van der Waals surface area contributed by atoms with Crippen LogP contribution in [0.5, 0.6) is 0 Å². The van der Waals surface area contributed by atoms with Gasteiger partial charge in [-0.1, -0.05) is 60.1 Å². The van der Waals surface area contributed by atoms with Gasteiger partial charge in [0.25, 0.3) is 5.56 Å². The Bertz CT molecular complexity index is 2040. The number of benzene rings is 3. The molecule has 3 aromatic carbocycles. The minimum Gasteiger partial charge on any atom is -0.478 e. The van der Waals surface area contributed by atoms with Gasteiger partial charge in [0.2, 0.25) is 5.91 Å². The molecule has 2 amide bonds. The van der Waals surface area contributed by atoms with E-state index in [-0.39, 0.29) is 49.6 Å². The molecule has 0 aliphatic heterocycles. The highest BCUT2D eigenvalue weighted by Gasteiger charge is 2.23. The molecule has 0 spiro atoms. The summed E-state index contributed by atoms with van der Waals surface area (Å²) in [5.41, 5.74) is 2.21. The van der Waals surface area contributed by atoms with Gasteiger partial charge in [0.1, 0.15) is 5.60 Å². The van der Waals surface area contributed by atoms with Gasteiger partial charge < -0.3 is 24.6 Å². The molecule has 2 heterocycles. The number of fused-ring (bicyclic) bond motifs is 3. The Labute approximate surface area is 282 Å². The summed E-state index contributed by atoms with van der Waals surface area (Å²) >= 11 is 6.62. The molecule has 10 nitrogen and oxygen atoms in total. The van der Waals surface area contributed by atoms with Crippen LogP contribution in [-0.2, 0) is 22.6 Å². The highest BCUT2D eigenvalue weighted by molar-refractivity contribution is 6.33. The fourth-order valence-electron chi connectivity index (χ4n) is 5.47. The minimum atomic E-state index is -1.10. The van der Waals surface area contributed by atoms with E-state index in [1.807, 2.05) is 48.5 Å². The van der Waals surface area contributed by atoms with E-state index >= 15 is 0 Å². The SMILES string of the molecule is CC(C)(C)OC(=O)N(CCC(=O)NCCCn1c(=O)c2ccncc2c2ccc(C(=O)O)cc21)Cc1ccc(-c2ccccc2)c(Cl)c1. The quantitative estimate of drug-likeness (QED) is 0.116. The van der Waals surface area contributed by atoms with Crippen molar-refractivity contribution in [2.45, 2.75) is 52.3 Å². The number of rotatable bonds is 11. The van der Waals surface area contributed by atoms with Crippen molar-refractivity contribution in [3.05, 3.63) is 112 Å². The molecular formula is C37H37ClN4O6. The van der Waals surface area contributed by atoms with E-state index in [2.05, 4.69) is 10.3 Å². The molecule has 0 unspecified atom stereocenters. The molecule has 48 heavy (non-hydrogen) atoms. The molecule has 0 aliphatic rings. The molecule has 2 N–H and O–H groups in total. The Morgan fingerprint density at radius 2 is 1.75 bits per heavy atom. The number of nitrogens with one attached hydrogen (secondary N) is 1. The molecule has 0 bridgehead atoms. The van der Waals surface area contributed by atoms with Gasteiger partial charge in [0.15, 0.2) is 0 Å². The summed E-state index contributed by atoms with van der Waals surface area (Å²) in [5.74, 6) is -1.36. The van der Waals surface area contributed by atoms with Crippen molar-refractivity contribution in [2.24, 2.45) is 0 Å². The number of halogens is 1. The van der Waals surface area contributed by atoms with Crippen LogP contribution in [0.2, 0.25) is 5.02 Å². The van der Waals surface area contributed by atoms with Crippen LogP contribution in [0, 0.1) is 0 Å². The first kappa shape index (κ1) is 34.1. The second-order valence-electron chi connectivity index (χ2n) is 12.5. The van der Waals surface area contributed by atoms with Gasteiger partial charge in [-0.15, -0.1) is 0 Å². The molecule has 5 rings (SSSR count). The topological polar surface area (TPSA) is 131 Å². The molecule has 2 aromatic heterocycles. The first-order valence-electron chi connectivity index (χ1n) is 15.6. The van der Waals surface area contributed by atoms with Crippen LogP contribution in [0.15, 0.2) is 90.0 Å². The van der Waals surface area contributed by atoms with E-state index in [9.17, 15) is 24.3 Å². The maximum atomic E-state index is 13.4. The lowest BCUT2D eigenvalue weighted by molar-refractivity contribution is -0.121. The van der Waals surface area contributed by atoms with Gasteiger partial charge in [0.05, 0.1) is 16.5 Å². The Kier molecular flexibility index (Phi) is 10.4. The summed E-state index contributed by atoms with van der Waals surface area (Å²) in [6.07, 6.45) is 3.04. The number of hydrogen-bond donors (Lipinski definition) is 2. The molecule has 0 radical (unpaired) electrons. The normalized spacial score (nSPS) is 11.4. The molecule has 248 valence electrons. The molecule has 0 aliphatic carbocycles. The number of pyridine rings is 2. The zero-order valence-corrected chi connectivity index (χ0v) is 27.8. The number of aromatic nitrogens is 2. The summed E-state index contributed by atoms with van der Waals surface area (Å²) in [6, 6.07) is 21.7. The lowest BCUT2D eigenvalue weighted by atomic mass is 10.0. The van der Waals surface area contributed by atoms with Crippen molar-refractivity contribution in [3.63, 3.8) is 0 Å². The van der Waals surface area contributed by atoms with Crippen LogP contribution >= 0.6 is 11.6 Å². The summed E-state index contributed by atoms with van der Waals surface area (Å²) in [5, 5.41) is 14.8. The highest BCUT2D eigenvalue weighted by Crippen LogP contribution is 2.29. The molecule has 0 atom stereocenters. The number of ether oxygens (including phenoxy) is 1. The number of aryl methyl sites for hydroxylation is 1. The average Bonchev–Trinajstić information content (AvgIpc) is 3.05. The van der Waals surface area contributed by atoms with Crippen LogP contribution in [0.4, 0.5) is 4.79 Å². The molecule has 0 saturated carbocycles. The number of carbonyl (C=O) groups is 3. The highest BCUT2D eigenvalue weighted by atomic mass is 35.5. The third kappa shape index (κ3) is 8.19. The van der Waals surface area contributed by atoms with E-state index in [1.54, 1.807) is 45.3 Å². The standard InChI is InChI=1S/C37H37ClN4O6/c1-37(2,3)48-36(47)41(23-24-10-12-27(31(38)20-24)25-8-5-4-6-9-25)19-15-33(43)40-16-7-18-42-32-21-26(35(45)46)11-13-28(32)30-22-39-17-14-29(30)34(42)44/h4-6,8-14,17,20-22H,7,15-16,18-19,23H2,1-3H3,(H,40,43)(H,45,46). The van der Waals surface area contributed by atoms with Crippen LogP contribution in [-0.4, -0.2) is 56.2 Å². The second kappa shape index (κ2) is 14.7. The van der Waals surface area contributed by atoms with Crippen LogP contribution in [0.25, 0.3) is 32.8 Å². The van der Waals surface area contributed by atoms with Gasteiger partial charge in [-0.3, -0.25) is 14.6 Å². The smallest absolute Gasteiger partial charge is 0.410 e. The maximum absolute atomic E-state index is 13.4. The third-order valence-corrected chi connectivity index (χ3v) is 8.07. The summed E-state index contributed by atoms with van der Waals surface area (Å²) < 4.78 is 7.16. The van der Waals surface area contributed by atoms with Gasteiger partial charge in [-0.05, 0) is 62.6 Å².